The highest BCUT2D eigenvalue weighted by Gasteiger charge is 2.39. The quantitative estimate of drug-likeness (QED) is 0.236. The van der Waals surface area contributed by atoms with Crippen molar-refractivity contribution in [2.24, 2.45) is 11.1 Å². The van der Waals surface area contributed by atoms with Crippen LogP contribution in [0.15, 0.2) is 36.4 Å². The Morgan fingerprint density at radius 3 is 2.46 bits per heavy atom. The number of anilines is 1. The summed E-state index contributed by atoms with van der Waals surface area (Å²) in [6, 6.07) is 10.2. The Morgan fingerprint density at radius 2 is 1.76 bits per heavy atom. The van der Waals surface area contributed by atoms with Gasteiger partial charge in [-0.2, -0.15) is 0 Å². The molecule has 0 spiro atoms. The van der Waals surface area contributed by atoms with Gasteiger partial charge in [-0.15, -0.1) is 0 Å². The zero-order chi connectivity index (χ0) is 32.4. The topological polar surface area (TPSA) is 119 Å². The highest BCUT2D eigenvalue weighted by atomic mass is 19.1. The molecule has 10 heteroatoms. The van der Waals surface area contributed by atoms with Gasteiger partial charge in [0.25, 0.3) is 5.91 Å². The Bertz CT molecular complexity index is 1620. The number of nitrogens with one attached hydrogen (secondary N) is 2. The largest absolute Gasteiger partial charge is 0.446 e. The maximum Gasteiger partial charge on any atom is 0.407 e. The number of hydrogen-bond acceptors (Lipinski definition) is 6. The predicted octanol–water partition coefficient (Wildman–Crippen LogP) is 6.48. The van der Waals surface area contributed by atoms with Crippen molar-refractivity contribution in [1.82, 2.24) is 14.8 Å². The van der Waals surface area contributed by atoms with Gasteiger partial charge in [0.2, 0.25) is 5.91 Å². The fraction of sp³-hybridized carbons (Fsp3) is 0.528. The summed E-state index contributed by atoms with van der Waals surface area (Å²) in [5.74, 6) is -0.938. The summed E-state index contributed by atoms with van der Waals surface area (Å²) in [7, 11) is 0. The number of likely N-dealkylation sites (tertiary alicyclic amines) is 1. The molecule has 9 nitrogen and oxygen atoms in total. The molecule has 0 atom stereocenters. The molecule has 1 aromatic heterocycles. The molecule has 3 heterocycles. The van der Waals surface area contributed by atoms with E-state index in [1.54, 1.807) is 16.7 Å². The molecule has 4 N–H and O–H groups in total. The number of carbonyl (C=O) groups excluding carboxylic acids is 3. The molecule has 46 heavy (non-hydrogen) atoms. The van der Waals surface area contributed by atoms with Crippen molar-refractivity contribution in [2.75, 3.05) is 31.5 Å². The SMILES string of the molecule is CCC1(CC)CC(=O)n2c(c(-c3ccc(C(N)=O)c(N[C@H]4CC[C@H](OC(=O)NCCN5CCCC5)CC4)c3)c3ccc(F)cc32)C1. The van der Waals surface area contributed by atoms with Crippen molar-refractivity contribution >= 4 is 34.5 Å². The van der Waals surface area contributed by atoms with Crippen LogP contribution in [-0.2, 0) is 11.2 Å². The Balaban J connectivity index is 1.21. The second-order valence-electron chi connectivity index (χ2n) is 13.4. The Hall–Kier alpha value is -3.92. The van der Waals surface area contributed by atoms with Crippen LogP contribution in [0.2, 0.25) is 0 Å². The first kappa shape index (κ1) is 32.0. The Kier molecular flexibility index (Phi) is 9.36. The van der Waals surface area contributed by atoms with E-state index in [9.17, 15) is 18.8 Å². The highest BCUT2D eigenvalue weighted by Crippen LogP contribution is 2.46. The lowest BCUT2D eigenvalue weighted by atomic mass is 9.72. The van der Waals surface area contributed by atoms with Crippen molar-refractivity contribution < 1.29 is 23.5 Å². The number of alkyl carbamates (subject to hydrolysis) is 1. The number of nitrogens with zero attached hydrogens (tertiary/aromatic N) is 2. The Morgan fingerprint density at radius 1 is 1.02 bits per heavy atom. The van der Waals surface area contributed by atoms with Crippen LogP contribution in [0.25, 0.3) is 22.0 Å². The first-order chi connectivity index (χ1) is 22.2. The van der Waals surface area contributed by atoms with Gasteiger partial charge >= 0.3 is 6.09 Å². The maximum atomic E-state index is 14.5. The number of benzene rings is 2. The molecule has 0 unspecified atom stereocenters. The van der Waals surface area contributed by atoms with Gasteiger partial charge in [-0.3, -0.25) is 14.2 Å². The van der Waals surface area contributed by atoms with Crippen molar-refractivity contribution in [3.63, 3.8) is 0 Å². The van der Waals surface area contributed by atoms with Crippen LogP contribution in [0, 0.1) is 11.2 Å². The summed E-state index contributed by atoms with van der Waals surface area (Å²) in [5.41, 5.74) is 9.86. The molecular weight excluding hydrogens is 585 g/mol. The number of amides is 2. The van der Waals surface area contributed by atoms with Crippen molar-refractivity contribution in [1.29, 1.82) is 0 Å². The van der Waals surface area contributed by atoms with Gasteiger partial charge in [0, 0.05) is 47.9 Å². The number of hydrogen-bond donors (Lipinski definition) is 3. The molecule has 246 valence electrons. The number of rotatable bonds is 10. The van der Waals surface area contributed by atoms with Crippen LogP contribution >= 0.6 is 0 Å². The lowest BCUT2D eigenvalue weighted by Gasteiger charge is -2.36. The lowest BCUT2D eigenvalue weighted by molar-refractivity contribution is 0.0726. The van der Waals surface area contributed by atoms with Gasteiger partial charge in [0.05, 0.1) is 11.1 Å². The number of fused-ring (bicyclic) bond motifs is 3. The van der Waals surface area contributed by atoms with Gasteiger partial charge in [-0.1, -0.05) is 19.9 Å². The summed E-state index contributed by atoms with van der Waals surface area (Å²) in [6.07, 6.45) is 7.74. The Labute approximate surface area is 270 Å². The molecule has 1 saturated heterocycles. The van der Waals surface area contributed by atoms with E-state index in [1.807, 2.05) is 12.1 Å². The minimum absolute atomic E-state index is 0.0156. The van der Waals surface area contributed by atoms with E-state index >= 15 is 0 Å². The van der Waals surface area contributed by atoms with Gasteiger partial charge < -0.3 is 26.0 Å². The van der Waals surface area contributed by atoms with Crippen molar-refractivity contribution in [3.05, 3.63) is 53.5 Å². The molecule has 1 aliphatic carbocycles. The van der Waals surface area contributed by atoms with Gasteiger partial charge in [0.1, 0.15) is 11.9 Å². The highest BCUT2D eigenvalue weighted by molar-refractivity contribution is 6.06. The summed E-state index contributed by atoms with van der Waals surface area (Å²) in [5, 5.41) is 7.25. The van der Waals surface area contributed by atoms with Crippen LogP contribution in [0.5, 0.6) is 0 Å². The van der Waals surface area contributed by atoms with E-state index in [1.165, 1.54) is 25.0 Å². The minimum atomic E-state index is -0.534. The third-order valence-corrected chi connectivity index (χ3v) is 10.6. The fourth-order valence-electron chi connectivity index (χ4n) is 7.75. The number of carbonyl (C=O) groups is 3. The van der Waals surface area contributed by atoms with Crippen LogP contribution in [0.1, 0.15) is 92.5 Å². The van der Waals surface area contributed by atoms with Crippen LogP contribution in [0.4, 0.5) is 14.9 Å². The van der Waals surface area contributed by atoms with Crippen molar-refractivity contribution in [2.45, 2.75) is 90.2 Å². The van der Waals surface area contributed by atoms with E-state index in [0.29, 0.717) is 49.0 Å². The van der Waals surface area contributed by atoms with E-state index in [-0.39, 0.29) is 35.4 Å². The normalized spacial score (nSPS) is 21.2. The molecule has 2 amide bonds. The van der Waals surface area contributed by atoms with Gasteiger partial charge in [0.15, 0.2) is 0 Å². The zero-order valence-corrected chi connectivity index (χ0v) is 27.0. The molecule has 2 fully saturated rings. The van der Waals surface area contributed by atoms with Gasteiger partial charge in [-0.25, -0.2) is 9.18 Å². The third-order valence-electron chi connectivity index (χ3n) is 10.6. The summed E-state index contributed by atoms with van der Waals surface area (Å²) >= 11 is 0. The number of ether oxygens (including phenoxy) is 1. The van der Waals surface area contributed by atoms with Crippen LogP contribution in [-0.4, -0.2) is 65.7 Å². The van der Waals surface area contributed by atoms with E-state index in [4.69, 9.17) is 10.5 Å². The average molecular weight is 632 g/mol. The van der Waals surface area contributed by atoms with E-state index in [2.05, 4.69) is 29.4 Å². The molecule has 3 aliphatic rings. The molecule has 2 aliphatic heterocycles. The van der Waals surface area contributed by atoms with Crippen LogP contribution in [0.3, 0.4) is 0 Å². The van der Waals surface area contributed by atoms with Gasteiger partial charge in [-0.05, 0) is 112 Å². The first-order valence-electron chi connectivity index (χ1n) is 16.9. The smallest absolute Gasteiger partial charge is 0.407 e. The summed E-state index contributed by atoms with van der Waals surface area (Å²) in [4.78, 5) is 40.8. The first-order valence-corrected chi connectivity index (χ1v) is 16.9. The predicted molar refractivity (Wildman–Crippen MR) is 178 cm³/mol. The van der Waals surface area contributed by atoms with E-state index < -0.39 is 5.91 Å². The molecule has 0 radical (unpaired) electrons. The van der Waals surface area contributed by atoms with E-state index in [0.717, 1.165) is 67.5 Å². The summed E-state index contributed by atoms with van der Waals surface area (Å²) in [6.45, 7) is 7.87. The third kappa shape index (κ3) is 6.49. The number of aromatic nitrogens is 1. The molecule has 6 rings (SSSR count). The molecule has 0 bridgehead atoms. The average Bonchev–Trinajstić information content (AvgIpc) is 3.67. The second kappa shape index (κ2) is 13.4. The van der Waals surface area contributed by atoms with Crippen molar-refractivity contribution in [3.8, 4) is 11.1 Å². The minimum Gasteiger partial charge on any atom is -0.446 e. The molecular formula is C36H46FN5O4. The zero-order valence-electron chi connectivity index (χ0n) is 27.0. The lowest BCUT2D eigenvalue weighted by Crippen LogP contribution is -2.37. The molecule has 1 saturated carbocycles. The second-order valence-corrected chi connectivity index (χ2v) is 13.4. The number of halogens is 1. The fourth-order valence-corrected chi connectivity index (χ4v) is 7.75. The molecule has 2 aromatic carbocycles. The van der Waals surface area contributed by atoms with Crippen LogP contribution < -0.4 is 16.4 Å². The maximum absolute atomic E-state index is 14.5. The molecule has 3 aromatic rings. The number of nitrogens with two attached hydrogens (primary N) is 1. The summed E-state index contributed by atoms with van der Waals surface area (Å²) < 4.78 is 21.9. The monoisotopic (exact) mass is 631 g/mol. The number of primary amides is 1. The standard InChI is InChI=1S/C36H46FN5O4/c1-3-36(4-2)21-31-33(28-14-8-24(37)20-30(28)42(31)32(43)22-36)23-7-13-27(34(38)44)29(19-23)40-25-9-11-26(12-10-25)46-35(45)39-15-18-41-16-5-6-17-41/h7-8,13-14,19-20,25-26,40H,3-6,9-12,15-18,21-22H2,1-2H3,(H2,38,44)(H,39,45)/t25-,26-.